The van der Waals surface area contributed by atoms with Crippen molar-refractivity contribution in [1.82, 2.24) is 4.31 Å². The van der Waals surface area contributed by atoms with E-state index >= 15 is 0 Å². The largest absolute Gasteiger partial charge is 0.497 e. The molecule has 2 aromatic rings. The van der Waals surface area contributed by atoms with Gasteiger partial charge in [-0.1, -0.05) is 42.5 Å². The molecule has 1 aliphatic rings. The van der Waals surface area contributed by atoms with E-state index in [9.17, 15) is 8.42 Å². The van der Waals surface area contributed by atoms with Gasteiger partial charge < -0.3 is 4.74 Å². The lowest BCUT2D eigenvalue weighted by molar-refractivity contribution is 0.414. The van der Waals surface area contributed by atoms with Crippen LogP contribution < -0.4 is 4.74 Å². The molecular formula is C21H27NO3S3. The highest BCUT2D eigenvalue weighted by atomic mass is 32.2. The summed E-state index contributed by atoms with van der Waals surface area (Å²) >= 11 is 3.66. The van der Waals surface area contributed by atoms with Crippen molar-refractivity contribution in [3.63, 3.8) is 0 Å². The summed E-state index contributed by atoms with van der Waals surface area (Å²) in [5, 5.41) is 0.333. The number of benzene rings is 2. The zero-order valence-corrected chi connectivity index (χ0v) is 18.7. The van der Waals surface area contributed by atoms with Crippen LogP contribution in [0.2, 0.25) is 0 Å². The van der Waals surface area contributed by atoms with E-state index in [1.165, 1.54) is 17.4 Å². The van der Waals surface area contributed by atoms with Crippen LogP contribution in [0.25, 0.3) is 0 Å². The number of methoxy groups -OCH3 is 1. The predicted octanol–water partition coefficient (Wildman–Crippen LogP) is 4.26. The summed E-state index contributed by atoms with van der Waals surface area (Å²) in [5.74, 6) is 3.49. The molecule has 1 aliphatic heterocycles. The fraction of sp³-hybridized carbons (Fsp3) is 0.429. The Hall–Kier alpha value is -1.15. The molecule has 0 aromatic heterocycles. The maximum absolute atomic E-state index is 12.3. The molecule has 2 atom stereocenters. The highest BCUT2D eigenvalue weighted by molar-refractivity contribution is 7.99. The number of ether oxygens (including phenoxy) is 1. The maximum atomic E-state index is 12.3. The summed E-state index contributed by atoms with van der Waals surface area (Å²) in [6.07, 6.45) is 2.24. The minimum atomic E-state index is -3.18. The number of nitrogens with zero attached hydrogens (tertiary/aromatic N) is 1. The summed E-state index contributed by atoms with van der Waals surface area (Å²) < 4.78 is 31.4. The molecule has 4 nitrogen and oxygen atoms in total. The molecule has 0 aliphatic carbocycles. The van der Waals surface area contributed by atoms with Gasteiger partial charge in [0.15, 0.2) is 0 Å². The second-order valence-electron chi connectivity index (χ2n) is 7.00. The first-order valence-electron chi connectivity index (χ1n) is 9.28. The Bertz CT molecular complexity index is 841. The van der Waals surface area contributed by atoms with Gasteiger partial charge >= 0.3 is 0 Å². The van der Waals surface area contributed by atoms with Gasteiger partial charge in [0.1, 0.15) is 5.75 Å². The summed E-state index contributed by atoms with van der Waals surface area (Å²) in [6, 6.07) is 18.5. The Kier molecular flexibility index (Phi) is 7.74. The molecule has 1 fully saturated rings. The molecule has 152 valence electrons. The van der Waals surface area contributed by atoms with Gasteiger partial charge in [0, 0.05) is 35.1 Å². The Morgan fingerprint density at radius 2 is 1.71 bits per heavy atom. The molecule has 1 saturated heterocycles. The third kappa shape index (κ3) is 6.17. The monoisotopic (exact) mass is 437 g/mol. The Morgan fingerprint density at radius 1 is 1.04 bits per heavy atom. The third-order valence-corrected chi connectivity index (χ3v) is 8.59. The molecule has 0 saturated carbocycles. The molecule has 0 radical (unpaired) electrons. The van der Waals surface area contributed by atoms with E-state index in [1.54, 1.807) is 11.4 Å². The average Bonchev–Trinajstić information content (AvgIpc) is 3.11. The van der Waals surface area contributed by atoms with Gasteiger partial charge in [-0.15, -0.1) is 0 Å². The van der Waals surface area contributed by atoms with E-state index in [0.29, 0.717) is 11.8 Å². The van der Waals surface area contributed by atoms with E-state index in [-0.39, 0.29) is 6.04 Å². The molecule has 0 spiro atoms. The van der Waals surface area contributed by atoms with Crippen LogP contribution in [0.1, 0.15) is 17.5 Å². The minimum Gasteiger partial charge on any atom is -0.497 e. The maximum Gasteiger partial charge on any atom is 0.211 e. The fourth-order valence-corrected chi connectivity index (χ4v) is 7.07. The van der Waals surface area contributed by atoms with Crippen molar-refractivity contribution in [1.29, 1.82) is 0 Å². The van der Waals surface area contributed by atoms with Crippen LogP contribution >= 0.6 is 23.5 Å². The highest BCUT2D eigenvalue weighted by Crippen LogP contribution is 2.33. The van der Waals surface area contributed by atoms with Crippen LogP contribution in [-0.2, 0) is 21.5 Å². The predicted molar refractivity (Wildman–Crippen MR) is 121 cm³/mol. The second kappa shape index (κ2) is 10.1. The van der Waals surface area contributed by atoms with Gasteiger partial charge in [-0.3, -0.25) is 0 Å². The Morgan fingerprint density at radius 3 is 2.36 bits per heavy atom. The minimum absolute atomic E-state index is 0.0806. The van der Waals surface area contributed by atoms with E-state index in [2.05, 4.69) is 24.3 Å². The first-order valence-corrected chi connectivity index (χ1v) is 13.3. The van der Waals surface area contributed by atoms with E-state index in [0.717, 1.165) is 29.4 Å². The van der Waals surface area contributed by atoms with Crippen molar-refractivity contribution < 1.29 is 13.2 Å². The smallest absolute Gasteiger partial charge is 0.211 e. The second-order valence-corrected chi connectivity index (χ2v) is 11.3. The molecular weight excluding hydrogens is 410 g/mol. The van der Waals surface area contributed by atoms with Crippen molar-refractivity contribution in [2.24, 2.45) is 0 Å². The average molecular weight is 438 g/mol. The summed E-state index contributed by atoms with van der Waals surface area (Å²) in [6.45, 7) is 0.607. The van der Waals surface area contributed by atoms with Crippen LogP contribution in [-0.4, -0.2) is 49.7 Å². The molecule has 1 heterocycles. The number of rotatable bonds is 9. The molecule has 0 N–H and O–H groups in total. The molecule has 0 amide bonds. The molecule has 7 heteroatoms. The molecule has 28 heavy (non-hydrogen) atoms. The Labute approximate surface area is 177 Å². The van der Waals surface area contributed by atoms with Crippen LogP contribution in [0, 0.1) is 0 Å². The summed E-state index contributed by atoms with van der Waals surface area (Å²) in [5.41, 5.74) is 2.51. The van der Waals surface area contributed by atoms with E-state index in [1.807, 2.05) is 53.9 Å². The number of thioether (sulfide) groups is 2. The number of sulfonamides is 1. The SMILES string of the molecule is COc1ccc(CS[C@@H]2C[C@@H](CSCc3ccccc3)N(S(C)(=O)=O)C2)cc1. The van der Waals surface area contributed by atoms with Crippen LogP contribution in [0.3, 0.4) is 0 Å². The molecule has 0 unspecified atom stereocenters. The lowest BCUT2D eigenvalue weighted by Gasteiger charge is -2.21. The number of hydrogen-bond donors (Lipinski definition) is 0. The molecule has 2 aromatic carbocycles. The highest BCUT2D eigenvalue weighted by Gasteiger charge is 2.37. The molecule has 3 rings (SSSR count). The van der Waals surface area contributed by atoms with Gasteiger partial charge in [-0.25, -0.2) is 8.42 Å². The zero-order valence-electron chi connectivity index (χ0n) is 16.3. The summed E-state index contributed by atoms with van der Waals surface area (Å²) in [4.78, 5) is 0. The first-order chi connectivity index (χ1) is 13.5. The van der Waals surface area contributed by atoms with Crippen molar-refractivity contribution in [3.8, 4) is 5.75 Å². The van der Waals surface area contributed by atoms with Crippen LogP contribution in [0.4, 0.5) is 0 Å². The van der Waals surface area contributed by atoms with Gasteiger partial charge in [0.2, 0.25) is 10.0 Å². The standard InChI is InChI=1S/C21H27NO3S3/c1-25-20-10-8-18(9-11-20)15-27-21-12-19(22(13-21)28(2,23)24)16-26-14-17-6-4-3-5-7-17/h3-11,19,21H,12-16H2,1-2H3/t19-,21+/m0/s1. The van der Waals surface area contributed by atoms with Crippen LogP contribution in [0.5, 0.6) is 5.75 Å². The van der Waals surface area contributed by atoms with E-state index < -0.39 is 10.0 Å². The molecule has 0 bridgehead atoms. The van der Waals surface area contributed by atoms with Gasteiger partial charge in [0.05, 0.1) is 13.4 Å². The quantitative estimate of drug-likeness (QED) is 0.586. The number of hydrogen-bond acceptors (Lipinski definition) is 5. The van der Waals surface area contributed by atoms with Crippen molar-refractivity contribution in [2.75, 3.05) is 25.7 Å². The zero-order chi connectivity index (χ0) is 20.0. The fourth-order valence-electron chi connectivity index (χ4n) is 3.35. The lowest BCUT2D eigenvalue weighted by atomic mass is 10.2. The summed E-state index contributed by atoms with van der Waals surface area (Å²) in [7, 11) is -1.52. The van der Waals surface area contributed by atoms with Crippen molar-refractivity contribution >= 4 is 33.5 Å². The topological polar surface area (TPSA) is 46.6 Å². The van der Waals surface area contributed by atoms with Crippen molar-refractivity contribution in [3.05, 3.63) is 65.7 Å². The van der Waals surface area contributed by atoms with Gasteiger partial charge in [-0.05, 0) is 29.7 Å². The normalized spacial score (nSPS) is 20.4. The van der Waals surface area contributed by atoms with Gasteiger partial charge in [-0.2, -0.15) is 27.8 Å². The first kappa shape index (κ1) is 21.6. The Balaban J connectivity index is 1.54. The third-order valence-electron chi connectivity index (χ3n) is 4.82. The van der Waals surface area contributed by atoms with E-state index in [4.69, 9.17) is 4.74 Å². The van der Waals surface area contributed by atoms with Gasteiger partial charge in [0.25, 0.3) is 0 Å². The van der Waals surface area contributed by atoms with Crippen molar-refractivity contribution in [2.45, 2.75) is 29.2 Å². The lowest BCUT2D eigenvalue weighted by Crippen LogP contribution is -2.36. The van der Waals surface area contributed by atoms with Crippen LogP contribution in [0.15, 0.2) is 54.6 Å².